The van der Waals surface area contributed by atoms with Crippen LogP contribution < -0.4 is 10.1 Å². The highest BCUT2D eigenvalue weighted by Gasteiger charge is 2.27. The molecule has 0 aliphatic rings. The fourth-order valence-corrected chi connectivity index (χ4v) is 2.10. The van der Waals surface area contributed by atoms with Gasteiger partial charge in [-0.25, -0.2) is 0 Å². The molecule has 1 N–H and O–H groups in total. The molecular weight excluding hydrogens is 270 g/mol. The van der Waals surface area contributed by atoms with E-state index in [0.29, 0.717) is 6.42 Å². The Balaban J connectivity index is 2.75. The molecule has 2 atom stereocenters. The molecule has 0 heterocycles. The van der Waals surface area contributed by atoms with Crippen LogP contribution in [0.2, 0.25) is 0 Å². The maximum Gasteiger partial charge on any atom is 0.310 e. The molecule has 0 aliphatic carbocycles. The summed E-state index contributed by atoms with van der Waals surface area (Å²) in [7, 11) is 0. The lowest BCUT2D eigenvalue weighted by Gasteiger charge is -2.26. The van der Waals surface area contributed by atoms with E-state index < -0.39 is 10.5 Å². The number of benzene rings is 1. The number of nitro benzene ring substituents is 1. The van der Waals surface area contributed by atoms with Gasteiger partial charge in [0, 0.05) is 12.5 Å². The zero-order valence-corrected chi connectivity index (χ0v) is 12.6. The number of nitriles is 1. The molecule has 114 valence electrons. The minimum atomic E-state index is -0.709. The largest absolute Gasteiger partial charge is 0.484 e. The van der Waals surface area contributed by atoms with E-state index in [1.54, 1.807) is 25.1 Å². The maximum absolute atomic E-state index is 10.9. The molecule has 0 radical (unpaired) electrons. The standard InChI is InChI=1S/C15H21N3O3/c1-4-9-17-15(3,11-16)10-12(2)21-14-8-6-5-7-13(14)18(19)20/h5-8,12,17H,4,9-10H2,1-3H3. The average Bonchev–Trinajstić information content (AvgIpc) is 2.45. The zero-order chi connectivity index (χ0) is 15.9. The van der Waals surface area contributed by atoms with E-state index in [0.717, 1.165) is 13.0 Å². The van der Waals surface area contributed by atoms with Crippen LogP contribution in [-0.2, 0) is 0 Å². The Morgan fingerprint density at radius 2 is 2.19 bits per heavy atom. The Labute approximate surface area is 124 Å². The van der Waals surface area contributed by atoms with Crippen LogP contribution in [0.25, 0.3) is 0 Å². The first-order chi connectivity index (χ1) is 9.91. The summed E-state index contributed by atoms with van der Waals surface area (Å²) < 4.78 is 5.65. The number of nitrogens with zero attached hydrogens (tertiary/aromatic N) is 2. The first-order valence-corrected chi connectivity index (χ1v) is 6.98. The van der Waals surface area contributed by atoms with Crippen LogP contribution in [0.4, 0.5) is 5.69 Å². The highest BCUT2D eigenvalue weighted by molar-refractivity contribution is 5.45. The molecule has 2 unspecified atom stereocenters. The van der Waals surface area contributed by atoms with E-state index in [2.05, 4.69) is 11.4 Å². The van der Waals surface area contributed by atoms with Gasteiger partial charge >= 0.3 is 5.69 Å². The van der Waals surface area contributed by atoms with E-state index >= 15 is 0 Å². The van der Waals surface area contributed by atoms with E-state index in [1.165, 1.54) is 6.07 Å². The quantitative estimate of drug-likeness (QED) is 0.587. The molecule has 0 aromatic heterocycles. The average molecular weight is 291 g/mol. The Bertz CT molecular complexity index is 527. The first kappa shape index (κ1) is 16.9. The van der Waals surface area contributed by atoms with Crippen molar-refractivity contribution >= 4 is 5.69 Å². The summed E-state index contributed by atoms with van der Waals surface area (Å²) in [5.41, 5.74) is -0.775. The van der Waals surface area contributed by atoms with Crippen LogP contribution in [-0.4, -0.2) is 23.1 Å². The van der Waals surface area contributed by atoms with Crippen molar-refractivity contribution in [1.29, 1.82) is 5.26 Å². The minimum absolute atomic E-state index is 0.0653. The Hall–Kier alpha value is -2.13. The highest BCUT2D eigenvalue weighted by Crippen LogP contribution is 2.28. The summed E-state index contributed by atoms with van der Waals surface area (Å²) in [6, 6.07) is 8.50. The van der Waals surface area contributed by atoms with Gasteiger partial charge in [0.2, 0.25) is 0 Å². The fourth-order valence-electron chi connectivity index (χ4n) is 2.10. The Morgan fingerprint density at radius 1 is 1.52 bits per heavy atom. The summed E-state index contributed by atoms with van der Waals surface area (Å²) in [5.74, 6) is 0.228. The van der Waals surface area contributed by atoms with Crippen molar-refractivity contribution in [2.24, 2.45) is 0 Å². The van der Waals surface area contributed by atoms with Crippen LogP contribution in [0.5, 0.6) is 5.75 Å². The lowest BCUT2D eigenvalue weighted by atomic mass is 9.96. The van der Waals surface area contributed by atoms with Crippen LogP contribution in [0.1, 0.15) is 33.6 Å². The SMILES string of the molecule is CCCNC(C)(C#N)CC(C)Oc1ccccc1[N+](=O)[O-]. The second-order valence-corrected chi connectivity index (χ2v) is 5.23. The van der Waals surface area contributed by atoms with Crippen LogP contribution in [0.3, 0.4) is 0 Å². The molecule has 0 saturated heterocycles. The van der Waals surface area contributed by atoms with Gasteiger partial charge in [-0.1, -0.05) is 19.1 Å². The van der Waals surface area contributed by atoms with Gasteiger partial charge in [0.25, 0.3) is 0 Å². The predicted octanol–water partition coefficient (Wildman–Crippen LogP) is 3.03. The van der Waals surface area contributed by atoms with E-state index in [-0.39, 0.29) is 17.5 Å². The van der Waals surface area contributed by atoms with Gasteiger partial charge in [0.1, 0.15) is 5.54 Å². The van der Waals surface area contributed by atoms with Crippen molar-refractivity contribution in [3.63, 3.8) is 0 Å². The van der Waals surface area contributed by atoms with Gasteiger partial charge in [-0.15, -0.1) is 0 Å². The fraction of sp³-hybridized carbons (Fsp3) is 0.533. The van der Waals surface area contributed by atoms with Gasteiger partial charge in [-0.2, -0.15) is 5.26 Å². The third-order valence-electron chi connectivity index (χ3n) is 3.10. The summed E-state index contributed by atoms with van der Waals surface area (Å²) in [6.45, 7) is 6.38. The first-order valence-electron chi connectivity index (χ1n) is 6.98. The third kappa shape index (κ3) is 5.04. The molecule has 6 nitrogen and oxygen atoms in total. The summed E-state index contributed by atoms with van der Waals surface area (Å²) in [5, 5.41) is 23.4. The van der Waals surface area contributed by atoms with Crippen molar-refractivity contribution in [2.45, 2.75) is 45.3 Å². The third-order valence-corrected chi connectivity index (χ3v) is 3.10. The molecular formula is C15H21N3O3. The molecule has 1 rings (SSSR count). The number of ether oxygens (including phenoxy) is 1. The van der Waals surface area contributed by atoms with Gasteiger partial charge in [-0.05, 0) is 32.9 Å². The summed E-state index contributed by atoms with van der Waals surface area (Å²) in [6.07, 6.45) is 1.05. The second-order valence-electron chi connectivity index (χ2n) is 5.23. The van der Waals surface area contributed by atoms with Crippen molar-refractivity contribution in [1.82, 2.24) is 5.32 Å². The van der Waals surface area contributed by atoms with E-state index in [4.69, 9.17) is 4.74 Å². The maximum atomic E-state index is 10.9. The van der Waals surface area contributed by atoms with Crippen LogP contribution >= 0.6 is 0 Å². The number of nitrogens with one attached hydrogen (secondary N) is 1. The number of para-hydroxylation sites is 2. The highest BCUT2D eigenvalue weighted by atomic mass is 16.6. The monoisotopic (exact) mass is 291 g/mol. The molecule has 0 aliphatic heterocycles. The minimum Gasteiger partial charge on any atom is -0.484 e. The summed E-state index contributed by atoms with van der Waals surface area (Å²) in [4.78, 5) is 10.5. The number of nitro groups is 1. The molecule has 0 fully saturated rings. The van der Waals surface area contributed by atoms with Crippen LogP contribution in [0.15, 0.2) is 24.3 Å². The second kappa shape index (κ2) is 7.60. The molecule has 1 aromatic rings. The van der Waals surface area contributed by atoms with Crippen molar-refractivity contribution in [2.75, 3.05) is 6.54 Å². The molecule has 0 spiro atoms. The van der Waals surface area contributed by atoms with Gasteiger partial charge in [0.05, 0.1) is 17.1 Å². The molecule has 6 heteroatoms. The lowest BCUT2D eigenvalue weighted by Crippen LogP contribution is -2.44. The van der Waals surface area contributed by atoms with Crippen LogP contribution in [0, 0.1) is 21.4 Å². The lowest BCUT2D eigenvalue weighted by molar-refractivity contribution is -0.386. The predicted molar refractivity (Wildman–Crippen MR) is 80.1 cm³/mol. The van der Waals surface area contributed by atoms with Crippen molar-refractivity contribution < 1.29 is 9.66 Å². The van der Waals surface area contributed by atoms with E-state index in [9.17, 15) is 15.4 Å². The van der Waals surface area contributed by atoms with Gasteiger partial charge in [-0.3, -0.25) is 15.4 Å². The molecule has 0 amide bonds. The normalized spacial score (nSPS) is 14.8. The number of rotatable bonds is 8. The number of hydrogen-bond donors (Lipinski definition) is 1. The van der Waals surface area contributed by atoms with Crippen molar-refractivity contribution in [3.8, 4) is 11.8 Å². The topological polar surface area (TPSA) is 88.2 Å². The van der Waals surface area contributed by atoms with E-state index in [1.807, 2.05) is 13.8 Å². The molecule has 0 saturated carbocycles. The van der Waals surface area contributed by atoms with Gasteiger partial charge < -0.3 is 4.74 Å². The van der Waals surface area contributed by atoms with Gasteiger partial charge in [0.15, 0.2) is 5.75 Å². The van der Waals surface area contributed by atoms with Crippen molar-refractivity contribution in [3.05, 3.63) is 34.4 Å². The zero-order valence-electron chi connectivity index (χ0n) is 12.6. The Kier molecular flexibility index (Phi) is 6.12. The summed E-state index contributed by atoms with van der Waals surface area (Å²) >= 11 is 0. The Morgan fingerprint density at radius 3 is 2.76 bits per heavy atom. The molecule has 0 bridgehead atoms. The molecule has 1 aromatic carbocycles. The smallest absolute Gasteiger partial charge is 0.310 e. The molecule has 21 heavy (non-hydrogen) atoms. The number of hydrogen-bond acceptors (Lipinski definition) is 5.